The Labute approximate surface area is 242 Å². The summed E-state index contributed by atoms with van der Waals surface area (Å²) in [6.45, 7) is 8.07. The van der Waals surface area contributed by atoms with E-state index in [-0.39, 0.29) is 23.2 Å². The van der Waals surface area contributed by atoms with Gasteiger partial charge < -0.3 is 14.6 Å². The molecule has 1 atom stereocenters. The maximum atomic E-state index is 13.0. The summed E-state index contributed by atoms with van der Waals surface area (Å²) in [5.74, 6) is 0.872. The molecule has 0 amide bonds. The smallest absolute Gasteiger partial charge is 0.343 e. The molecule has 5 heteroatoms. The zero-order chi connectivity index (χ0) is 29.6. The van der Waals surface area contributed by atoms with Crippen molar-refractivity contribution in [3.63, 3.8) is 0 Å². The van der Waals surface area contributed by atoms with Gasteiger partial charge in [0.25, 0.3) is 0 Å². The van der Waals surface area contributed by atoms with Gasteiger partial charge in [-0.25, -0.2) is 4.79 Å². The Balaban J connectivity index is 1.49. The molecule has 0 aliphatic heterocycles. The molecule has 0 fully saturated rings. The molecule has 0 aromatic heterocycles. The molecular weight excluding hydrogens is 512 g/mol. The molecule has 0 aliphatic carbocycles. The molecule has 0 saturated carbocycles. The van der Waals surface area contributed by atoms with Crippen LogP contribution in [0.25, 0.3) is 0 Å². The van der Waals surface area contributed by atoms with E-state index in [1.165, 1.54) is 0 Å². The second kappa shape index (κ2) is 12.5. The molecule has 1 unspecified atom stereocenters. The number of ketones is 1. The first kappa shape index (κ1) is 29.8. The maximum Gasteiger partial charge on any atom is 0.343 e. The molecular formula is C36H38O5. The minimum atomic E-state index is -0.422. The number of esters is 1. The number of carbonyl (C=O) groups is 2. The predicted octanol–water partition coefficient (Wildman–Crippen LogP) is 7.52. The number of methoxy groups -OCH3 is 1. The molecule has 0 radical (unpaired) electrons. The summed E-state index contributed by atoms with van der Waals surface area (Å²) in [6, 6.07) is 30.7. The van der Waals surface area contributed by atoms with Crippen LogP contribution in [0, 0.1) is 0 Å². The number of carbonyl (C=O) groups excluding carboxylic acids is 2. The normalized spacial score (nSPS) is 12.8. The summed E-state index contributed by atoms with van der Waals surface area (Å²) < 4.78 is 11.0. The second-order valence-corrected chi connectivity index (χ2v) is 11.1. The first-order chi connectivity index (χ1) is 19.6. The maximum absolute atomic E-state index is 13.0. The van der Waals surface area contributed by atoms with Gasteiger partial charge in [-0.05, 0) is 78.4 Å². The highest BCUT2D eigenvalue weighted by atomic mass is 16.5. The number of rotatable bonds is 11. The van der Waals surface area contributed by atoms with Crippen LogP contribution < -0.4 is 9.47 Å². The van der Waals surface area contributed by atoms with Crippen molar-refractivity contribution in [1.82, 2.24) is 0 Å². The number of aliphatic hydroxyl groups is 1. The summed E-state index contributed by atoms with van der Waals surface area (Å²) in [5.41, 5.74) is 4.83. The van der Waals surface area contributed by atoms with E-state index in [1.54, 1.807) is 38.3 Å². The minimum Gasteiger partial charge on any atom is -0.497 e. The van der Waals surface area contributed by atoms with Crippen LogP contribution in [0.4, 0.5) is 0 Å². The summed E-state index contributed by atoms with van der Waals surface area (Å²) >= 11 is 0. The van der Waals surface area contributed by atoms with Crippen molar-refractivity contribution in [3.8, 4) is 11.5 Å². The molecule has 1 N–H and O–H groups in total. The number of Topliss-reactive ketones (excluding diaryl/α,β-unsaturated/α-hetero) is 1. The third kappa shape index (κ3) is 6.58. The quantitative estimate of drug-likeness (QED) is 0.119. The van der Waals surface area contributed by atoms with Crippen LogP contribution in [-0.2, 0) is 10.8 Å². The van der Waals surface area contributed by atoms with Gasteiger partial charge in [-0.15, -0.1) is 0 Å². The Bertz CT molecular complexity index is 1470. The molecule has 5 nitrogen and oxygen atoms in total. The zero-order valence-corrected chi connectivity index (χ0v) is 24.4. The van der Waals surface area contributed by atoms with Crippen molar-refractivity contribution in [3.05, 3.63) is 130 Å². The molecule has 4 rings (SSSR count). The van der Waals surface area contributed by atoms with Crippen molar-refractivity contribution >= 4 is 11.8 Å². The molecule has 0 spiro atoms. The highest BCUT2D eigenvalue weighted by molar-refractivity contribution is 5.94. The van der Waals surface area contributed by atoms with Gasteiger partial charge in [-0.3, -0.25) is 4.79 Å². The highest BCUT2D eigenvalue weighted by Crippen LogP contribution is 2.37. The first-order valence-corrected chi connectivity index (χ1v) is 13.9. The van der Waals surface area contributed by atoms with Gasteiger partial charge in [-0.2, -0.15) is 0 Å². The van der Waals surface area contributed by atoms with E-state index in [9.17, 15) is 14.7 Å². The molecule has 4 aromatic rings. The number of hydrogen-bond acceptors (Lipinski definition) is 5. The Morgan fingerprint density at radius 2 is 1.10 bits per heavy atom. The van der Waals surface area contributed by atoms with E-state index in [4.69, 9.17) is 9.47 Å². The minimum absolute atomic E-state index is 0.0235. The summed E-state index contributed by atoms with van der Waals surface area (Å²) in [6.07, 6.45) is 1.36. The van der Waals surface area contributed by atoms with Gasteiger partial charge in [0.2, 0.25) is 0 Å². The number of benzene rings is 4. The van der Waals surface area contributed by atoms with E-state index in [1.807, 2.05) is 60.7 Å². The average molecular weight is 551 g/mol. The van der Waals surface area contributed by atoms with Gasteiger partial charge in [0.05, 0.1) is 12.7 Å². The third-order valence-corrected chi connectivity index (χ3v) is 8.12. The predicted molar refractivity (Wildman–Crippen MR) is 162 cm³/mol. The Morgan fingerprint density at radius 3 is 1.59 bits per heavy atom. The zero-order valence-electron chi connectivity index (χ0n) is 24.4. The van der Waals surface area contributed by atoms with Crippen molar-refractivity contribution in [1.29, 1.82) is 0 Å². The lowest BCUT2D eigenvalue weighted by Gasteiger charge is -2.31. The van der Waals surface area contributed by atoms with Crippen LogP contribution in [0.3, 0.4) is 0 Å². The van der Waals surface area contributed by atoms with Crippen LogP contribution in [-0.4, -0.2) is 30.6 Å². The van der Waals surface area contributed by atoms with Crippen LogP contribution in [0.2, 0.25) is 0 Å². The molecule has 0 aliphatic rings. The Kier molecular flexibility index (Phi) is 9.09. The topological polar surface area (TPSA) is 72.8 Å². The van der Waals surface area contributed by atoms with E-state index < -0.39 is 5.97 Å². The van der Waals surface area contributed by atoms with Gasteiger partial charge in [0, 0.05) is 23.0 Å². The van der Waals surface area contributed by atoms with Crippen molar-refractivity contribution in [2.24, 2.45) is 0 Å². The van der Waals surface area contributed by atoms with Gasteiger partial charge in [0.1, 0.15) is 11.5 Å². The fourth-order valence-electron chi connectivity index (χ4n) is 5.21. The second-order valence-electron chi connectivity index (χ2n) is 11.1. The molecule has 0 saturated heterocycles. The molecule has 4 aromatic carbocycles. The van der Waals surface area contributed by atoms with Crippen molar-refractivity contribution in [2.45, 2.75) is 51.4 Å². The number of ether oxygens (including phenoxy) is 2. The summed E-state index contributed by atoms with van der Waals surface area (Å²) in [5, 5.41) is 9.52. The number of hydrogen-bond donors (Lipinski definition) is 1. The fraction of sp³-hybridized carbons (Fsp3) is 0.278. The van der Waals surface area contributed by atoms with Crippen LogP contribution in [0.15, 0.2) is 97.1 Å². The van der Waals surface area contributed by atoms with Crippen molar-refractivity contribution in [2.75, 3.05) is 13.7 Å². The molecule has 0 bridgehead atoms. The van der Waals surface area contributed by atoms with E-state index in [0.717, 1.165) is 34.4 Å². The molecule has 0 heterocycles. The van der Waals surface area contributed by atoms with Crippen LogP contribution >= 0.6 is 0 Å². The van der Waals surface area contributed by atoms with Gasteiger partial charge >= 0.3 is 5.97 Å². The monoisotopic (exact) mass is 550 g/mol. The SMILES string of the molecule is COc1ccc(C(C)(C)c2ccc(C(=O)Oc3ccc(C(C)(CCCO)c4ccc(C(C)=O)cc4)cc3)cc2)cc1. The van der Waals surface area contributed by atoms with Gasteiger partial charge in [0.15, 0.2) is 5.78 Å². The van der Waals surface area contributed by atoms with Crippen molar-refractivity contribution < 1.29 is 24.2 Å². The summed E-state index contributed by atoms with van der Waals surface area (Å²) in [7, 11) is 1.65. The van der Waals surface area contributed by atoms with E-state index >= 15 is 0 Å². The van der Waals surface area contributed by atoms with Gasteiger partial charge in [-0.1, -0.05) is 81.4 Å². The number of aliphatic hydroxyl groups excluding tert-OH is 1. The van der Waals surface area contributed by atoms with E-state index in [2.05, 4.69) is 32.9 Å². The Hall–Kier alpha value is -4.22. The average Bonchev–Trinajstić information content (AvgIpc) is 3.00. The largest absolute Gasteiger partial charge is 0.497 e. The first-order valence-electron chi connectivity index (χ1n) is 13.9. The fourth-order valence-corrected chi connectivity index (χ4v) is 5.21. The van der Waals surface area contributed by atoms with E-state index in [0.29, 0.717) is 23.3 Å². The lowest BCUT2D eigenvalue weighted by Crippen LogP contribution is -2.24. The Morgan fingerprint density at radius 1 is 0.659 bits per heavy atom. The molecule has 212 valence electrons. The highest BCUT2D eigenvalue weighted by Gasteiger charge is 2.29. The lowest BCUT2D eigenvalue weighted by molar-refractivity contribution is 0.0734. The lowest BCUT2D eigenvalue weighted by atomic mass is 9.73. The summed E-state index contributed by atoms with van der Waals surface area (Å²) in [4.78, 5) is 24.7. The third-order valence-electron chi connectivity index (χ3n) is 8.12. The van der Waals surface area contributed by atoms with Crippen LogP contribution in [0.1, 0.15) is 83.5 Å². The molecule has 41 heavy (non-hydrogen) atoms. The standard InChI is InChI=1S/C36H38O5/c1-25(38)26-7-13-30(14-8-26)36(4,23-6-24-37)31-17-21-33(22-18-31)41-34(39)27-9-11-28(12-10-27)35(2,3)29-15-19-32(40-5)20-16-29/h7-22,37H,6,23-24H2,1-5H3. The van der Waals surface area contributed by atoms with Crippen LogP contribution in [0.5, 0.6) is 11.5 Å².